The fraction of sp³-hybridized carbons (Fsp3) is 0. The first-order valence-corrected chi connectivity index (χ1v) is 4.26. The maximum absolute atomic E-state index is 9.37. The van der Waals surface area contributed by atoms with E-state index < -0.39 is 0 Å². The predicted octanol–water partition coefficient (Wildman–Crippen LogP) is 1.59. The van der Waals surface area contributed by atoms with E-state index in [0.717, 1.165) is 16.4 Å². The average molecular weight is 185 g/mol. The van der Waals surface area contributed by atoms with Crippen LogP contribution >= 0.6 is 0 Å². The van der Waals surface area contributed by atoms with Crippen molar-refractivity contribution in [3.63, 3.8) is 0 Å². The largest absolute Gasteiger partial charge is 0.508 e. The minimum absolute atomic E-state index is 0.244. The van der Waals surface area contributed by atoms with E-state index >= 15 is 0 Å². The van der Waals surface area contributed by atoms with Gasteiger partial charge in [-0.15, -0.1) is 0 Å². The summed E-state index contributed by atoms with van der Waals surface area (Å²) < 4.78 is 1.68. The third-order valence-corrected chi connectivity index (χ3v) is 2.25. The Labute approximate surface area is 79.4 Å². The van der Waals surface area contributed by atoms with Crippen LogP contribution in [0, 0.1) is 0 Å². The van der Waals surface area contributed by atoms with Gasteiger partial charge in [-0.2, -0.15) is 5.10 Å². The van der Waals surface area contributed by atoms with E-state index in [1.165, 1.54) is 6.33 Å². The standard InChI is InChI=1S/C10H7N3O/c14-8-2-1-7-3-4-13-10(9(7)5-8)11-6-12-13/h1-6,14H. The lowest BCUT2D eigenvalue weighted by Gasteiger charge is -1.99. The highest BCUT2D eigenvalue weighted by Crippen LogP contribution is 2.22. The summed E-state index contributed by atoms with van der Waals surface area (Å²) in [6.45, 7) is 0. The molecule has 0 aliphatic carbocycles. The van der Waals surface area contributed by atoms with Crippen LogP contribution in [0.15, 0.2) is 36.8 Å². The van der Waals surface area contributed by atoms with Crippen molar-refractivity contribution in [2.24, 2.45) is 0 Å². The van der Waals surface area contributed by atoms with Gasteiger partial charge in [0.2, 0.25) is 0 Å². The normalized spacial score (nSPS) is 11.1. The molecule has 2 aromatic heterocycles. The van der Waals surface area contributed by atoms with Crippen LogP contribution < -0.4 is 0 Å². The number of phenols is 1. The molecule has 0 atom stereocenters. The predicted molar refractivity (Wildman–Crippen MR) is 52.2 cm³/mol. The maximum Gasteiger partial charge on any atom is 0.163 e. The first kappa shape index (κ1) is 7.32. The number of phenolic OH excluding ortho intramolecular Hbond substituents is 1. The van der Waals surface area contributed by atoms with Crippen LogP contribution in [0.25, 0.3) is 16.4 Å². The van der Waals surface area contributed by atoms with Gasteiger partial charge in [-0.25, -0.2) is 9.50 Å². The second kappa shape index (κ2) is 2.45. The highest BCUT2D eigenvalue weighted by molar-refractivity contribution is 5.94. The van der Waals surface area contributed by atoms with Gasteiger partial charge in [0.05, 0.1) is 0 Å². The van der Waals surface area contributed by atoms with Gasteiger partial charge in [0.15, 0.2) is 5.65 Å². The molecule has 0 unspecified atom stereocenters. The smallest absolute Gasteiger partial charge is 0.163 e. The van der Waals surface area contributed by atoms with Crippen molar-refractivity contribution in [2.75, 3.05) is 0 Å². The highest BCUT2D eigenvalue weighted by Gasteiger charge is 2.02. The number of rotatable bonds is 0. The molecule has 3 aromatic rings. The Balaban J connectivity index is 2.60. The second-order valence-corrected chi connectivity index (χ2v) is 3.12. The Kier molecular flexibility index (Phi) is 1.28. The van der Waals surface area contributed by atoms with Crippen molar-refractivity contribution in [1.82, 2.24) is 14.6 Å². The van der Waals surface area contributed by atoms with Crippen LogP contribution in [0.1, 0.15) is 0 Å². The van der Waals surface area contributed by atoms with Crippen LogP contribution in [0.4, 0.5) is 0 Å². The molecular formula is C10H7N3O. The summed E-state index contributed by atoms with van der Waals surface area (Å²) in [4.78, 5) is 4.13. The molecule has 2 heterocycles. The van der Waals surface area contributed by atoms with Gasteiger partial charge in [-0.1, -0.05) is 6.07 Å². The Morgan fingerprint density at radius 1 is 1.21 bits per heavy atom. The molecule has 1 N–H and O–H groups in total. The van der Waals surface area contributed by atoms with E-state index in [4.69, 9.17) is 0 Å². The van der Waals surface area contributed by atoms with Gasteiger partial charge in [-0.05, 0) is 23.6 Å². The average Bonchev–Trinajstić information content (AvgIpc) is 2.65. The topological polar surface area (TPSA) is 50.4 Å². The molecule has 0 saturated carbocycles. The first-order chi connectivity index (χ1) is 6.84. The third-order valence-electron chi connectivity index (χ3n) is 2.25. The van der Waals surface area contributed by atoms with Crippen molar-refractivity contribution in [2.45, 2.75) is 0 Å². The van der Waals surface area contributed by atoms with Crippen LogP contribution in [0.3, 0.4) is 0 Å². The fourth-order valence-corrected chi connectivity index (χ4v) is 1.59. The lowest BCUT2D eigenvalue weighted by atomic mass is 10.1. The van der Waals surface area contributed by atoms with Gasteiger partial charge in [0.25, 0.3) is 0 Å². The summed E-state index contributed by atoms with van der Waals surface area (Å²) in [5.74, 6) is 0.244. The Morgan fingerprint density at radius 3 is 3.07 bits per heavy atom. The molecule has 14 heavy (non-hydrogen) atoms. The zero-order valence-electron chi connectivity index (χ0n) is 7.25. The minimum atomic E-state index is 0.244. The maximum atomic E-state index is 9.37. The van der Waals surface area contributed by atoms with E-state index in [-0.39, 0.29) is 5.75 Å². The van der Waals surface area contributed by atoms with Crippen LogP contribution in [0.2, 0.25) is 0 Å². The minimum Gasteiger partial charge on any atom is -0.508 e. The van der Waals surface area contributed by atoms with Crippen LogP contribution in [-0.4, -0.2) is 19.7 Å². The number of pyridine rings is 1. The molecule has 4 heteroatoms. The lowest BCUT2D eigenvalue weighted by molar-refractivity contribution is 0.476. The molecule has 68 valence electrons. The van der Waals surface area contributed by atoms with Gasteiger partial charge < -0.3 is 5.11 Å². The Bertz CT molecular complexity index is 615. The molecule has 0 fully saturated rings. The van der Waals surface area contributed by atoms with Crippen molar-refractivity contribution >= 4 is 16.4 Å². The van der Waals surface area contributed by atoms with Crippen LogP contribution in [-0.2, 0) is 0 Å². The molecule has 1 aromatic carbocycles. The zero-order valence-corrected chi connectivity index (χ0v) is 7.25. The van der Waals surface area contributed by atoms with Gasteiger partial charge in [0.1, 0.15) is 12.1 Å². The van der Waals surface area contributed by atoms with E-state index in [2.05, 4.69) is 10.1 Å². The van der Waals surface area contributed by atoms with Crippen molar-refractivity contribution in [3.8, 4) is 5.75 Å². The SMILES string of the molecule is Oc1ccc2ccn3ncnc3c2c1. The number of hydrogen-bond donors (Lipinski definition) is 1. The number of fused-ring (bicyclic) bond motifs is 3. The molecule has 0 saturated heterocycles. The monoisotopic (exact) mass is 185 g/mol. The van der Waals surface area contributed by atoms with Crippen molar-refractivity contribution in [1.29, 1.82) is 0 Å². The number of hydrogen-bond acceptors (Lipinski definition) is 3. The number of aromatic nitrogens is 3. The highest BCUT2D eigenvalue weighted by atomic mass is 16.3. The first-order valence-electron chi connectivity index (χ1n) is 4.26. The van der Waals surface area contributed by atoms with Crippen molar-refractivity contribution in [3.05, 3.63) is 36.8 Å². The van der Waals surface area contributed by atoms with Gasteiger partial charge in [0, 0.05) is 11.6 Å². The number of nitrogens with zero attached hydrogens (tertiary/aromatic N) is 3. The summed E-state index contributed by atoms with van der Waals surface area (Å²) in [5.41, 5.74) is 0.762. The van der Waals surface area contributed by atoms with E-state index in [0.29, 0.717) is 0 Å². The van der Waals surface area contributed by atoms with E-state index in [1.807, 2.05) is 18.3 Å². The second-order valence-electron chi connectivity index (χ2n) is 3.12. The molecular weight excluding hydrogens is 178 g/mol. The lowest BCUT2D eigenvalue weighted by Crippen LogP contribution is -1.86. The van der Waals surface area contributed by atoms with Gasteiger partial charge in [-0.3, -0.25) is 0 Å². The van der Waals surface area contributed by atoms with Crippen molar-refractivity contribution < 1.29 is 5.11 Å². The molecule has 0 bridgehead atoms. The van der Waals surface area contributed by atoms with Gasteiger partial charge >= 0.3 is 0 Å². The van der Waals surface area contributed by atoms with E-state index in [1.54, 1.807) is 16.6 Å². The Morgan fingerprint density at radius 2 is 2.14 bits per heavy atom. The Hall–Kier alpha value is -2.10. The summed E-state index contributed by atoms with van der Waals surface area (Å²) in [5, 5.41) is 15.3. The number of benzene rings is 1. The third kappa shape index (κ3) is 0.877. The molecule has 0 aliphatic rings. The zero-order chi connectivity index (χ0) is 9.54. The molecule has 3 rings (SSSR count). The summed E-state index contributed by atoms with van der Waals surface area (Å²) in [6.07, 6.45) is 3.35. The summed E-state index contributed by atoms with van der Waals surface area (Å²) in [7, 11) is 0. The quantitative estimate of drug-likeness (QED) is 0.578. The molecule has 0 radical (unpaired) electrons. The molecule has 0 spiro atoms. The van der Waals surface area contributed by atoms with Crippen LogP contribution in [0.5, 0.6) is 5.75 Å². The molecule has 0 amide bonds. The fourth-order valence-electron chi connectivity index (χ4n) is 1.59. The molecule has 0 aliphatic heterocycles. The molecule has 4 nitrogen and oxygen atoms in total. The summed E-state index contributed by atoms with van der Waals surface area (Å²) >= 11 is 0. The summed E-state index contributed by atoms with van der Waals surface area (Å²) in [6, 6.07) is 7.16. The number of aromatic hydroxyl groups is 1. The van der Waals surface area contributed by atoms with E-state index in [9.17, 15) is 5.11 Å².